The summed E-state index contributed by atoms with van der Waals surface area (Å²) in [5, 5.41) is 16.6. The normalized spacial score (nSPS) is 10.2. The third-order valence-corrected chi connectivity index (χ3v) is 4.84. The van der Waals surface area contributed by atoms with Crippen LogP contribution in [0.1, 0.15) is 41.3 Å². The Morgan fingerprint density at radius 3 is 1.79 bits per heavy atom. The average molecular weight is 540 g/mol. The molecule has 0 aromatic heterocycles. The number of benzene rings is 3. The first-order chi connectivity index (χ1) is 18.8. The number of nitrogens with two attached hydrogens (primary N) is 3. The minimum Gasteiger partial charge on any atom is -0.494 e. The standard InChI is InChI=1S/C9H10O2.C8H11N.C8H8O2.C5H12N2O2/c1-2-11-9-5-3-8(7-10)4-6-9;9-7-6-8-4-2-1-3-5-8;9-8(10)6-7-4-2-1-3-5-7;6-3-1-2-4(7)5(8)9/h3-7H,2H2,1H3;1-5H,6-7,9H2;1-5H,6H2,(H,9,10);4H,1-3,6-7H2,(H,8,9). The first-order valence-corrected chi connectivity index (χ1v) is 12.6. The second kappa shape index (κ2) is 23.1. The van der Waals surface area contributed by atoms with Crippen molar-refractivity contribution in [2.24, 2.45) is 17.2 Å². The molecule has 0 aliphatic carbocycles. The molecule has 0 saturated carbocycles. The lowest BCUT2D eigenvalue weighted by Crippen LogP contribution is -2.30. The van der Waals surface area contributed by atoms with Crippen molar-refractivity contribution in [1.29, 1.82) is 0 Å². The van der Waals surface area contributed by atoms with E-state index >= 15 is 0 Å². The highest BCUT2D eigenvalue weighted by Crippen LogP contribution is 2.10. The van der Waals surface area contributed by atoms with Crippen LogP contribution < -0.4 is 21.9 Å². The van der Waals surface area contributed by atoms with Crippen molar-refractivity contribution < 1.29 is 29.3 Å². The lowest BCUT2D eigenvalue weighted by molar-refractivity contribution is -0.139. The maximum absolute atomic E-state index is 10.2. The largest absolute Gasteiger partial charge is 0.494 e. The van der Waals surface area contributed by atoms with Crippen molar-refractivity contribution in [3.05, 3.63) is 102 Å². The molecule has 3 aromatic carbocycles. The van der Waals surface area contributed by atoms with Crippen molar-refractivity contribution in [3.63, 3.8) is 0 Å². The van der Waals surface area contributed by atoms with Gasteiger partial charge in [-0.15, -0.1) is 0 Å². The van der Waals surface area contributed by atoms with Gasteiger partial charge in [0.05, 0.1) is 13.0 Å². The van der Waals surface area contributed by atoms with Crippen molar-refractivity contribution in [1.82, 2.24) is 0 Å². The minimum absolute atomic E-state index is 0.112. The molecule has 1 unspecified atom stereocenters. The van der Waals surface area contributed by atoms with Crippen LogP contribution in [0.3, 0.4) is 0 Å². The Morgan fingerprint density at radius 1 is 0.846 bits per heavy atom. The van der Waals surface area contributed by atoms with Crippen LogP contribution >= 0.6 is 0 Å². The third-order valence-electron chi connectivity index (χ3n) is 4.84. The Hall–Kier alpha value is -4.05. The zero-order chi connectivity index (χ0) is 29.3. The highest BCUT2D eigenvalue weighted by atomic mass is 16.5. The zero-order valence-corrected chi connectivity index (χ0v) is 22.4. The van der Waals surface area contributed by atoms with Crippen LogP contribution in [-0.2, 0) is 22.4 Å². The predicted octanol–water partition coefficient (Wildman–Crippen LogP) is 3.54. The average Bonchev–Trinajstić information content (AvgIpc) is 2.94. The predicted molar refractivity (Wildman–Crippen MR) is 154 cm³/mol. The fraction of sp³-hybridized carbons (Fsp3) is 0.300. The summed E-state index contributed by atoms with van der Waals surface area (Å²) in [5.41, 5.74) is 18.5. The summed E-state index contributed by atoms with van der Waals surface area (Å²) in [6, 6.07) is 25.7. The monoisotopic (exact) mass is 539 g/mol. The van der Waals surface area contributed by atoms with Crippen LogP contribution in [0.4, 0.5) is 0 Å². The van der Waals surface area contributed by atoms with E-state index in [-0.39, 0.29) is 6.42 Å². The number of carbonyl (C=O) groups is 3. The number of hydrogen-bond donors (Lipinski definition) is 5. The molecule has 3 rings (SSSR count). The molecule has 9 heteroatoms. The van der Waals surface area contributed by atoms with E-state index < -0.39 is 18.0 Å². The summed E-state index contributed by atoms with van der Waals surface area (Å²) in [5.74, 6) is -0.937. The number of carboxylic acids is 2. The van der Waals surface area contributed by atoms with E-state index in [1.807, 2.05) is 43.3 Å². The van der Waals surface area contributed by atoms with Crippen molar-refractivity contribution in [2.75, 3.05) is 19.7 Å². The molecule has 0 aliphatic heterocycles. The Labute approximate surface area is 230 Å². The smallest absolute Gasteiger partial charge is 0.320 e. The van der Waals surface area contributed by atoms with Gasteiger partial charge in [-0.1, -0.05) is 60.7 Å². The van der Waals surface area contributed by atoms with Gasteiger partial charge in [-0.3, -0.25) is 14.4 Å². The van der Waals surface area contributed by atoms with Crippen LogP contribution in [-0.4, -0.2) is 54.2 Å². The summed E-state index contributed by atoms with van der Waals surface area (Å²) in [4.78, 5) is 30.4. The van der Waals surface area contributed by atoms with E-state index in [0.717, 1.165) is 30.6 Å². The van der Waals surface area contributed by atoms with Crippen LogP contribution in [0, 0.1) is 0 Å². The summed E-state index contributed by atoms with van der Waals surface area (Å²) in [6.45, 7) is 3.82. The van der Waals surface area contributed by atoms with Gasteiger partial charge >= 0.3 is 11.9 Å². The van der Waals surface area contributed by atoms with E-state index in [0.29, 0.717) is 31.6 Å². The van der Waals surface area contributed by atoms with Gasteiger partial charge in [0.2, 0.25) is 0 Å². The molecule has 9 nitrogen and oxygen atoms in total. The van der Waals surface area contributed by atoms with Crippen molar-refractivity contribution in [2.45, 2.75) is 38.6 Å². The molecule has 0 bridgehead atoms. The number of carbonyl (C=O) groups excluding carboxylic acids is 1. The lowest BCUT2D eigenvalue weighted by atomic mass is 10.2. The molecule has 8 N–H and O–H groups in total. The number of hydrogen-bond acceptors (Lipinski definition) is 7. The molecule has 1 atom stereocenters. The molecule has 0 aliphatic rings. The molecule has 39 heavy (non-hydrogen) atoms. The van der Waals surface area contributed by atoms with E-state index in [1.54, 1.807) is 36.4 Å². The Bertz CT molecular complexity index is 1030. The fourth-order valence-electron chi connectivity index (χ4n) is 2.85. The van der Waals surface area contributed by atoms with Gasteiger partial charge in [-0.25, -0.2) is 0 Å². The second-order valence-electron chi connectivity index (χ2n) is 8.08. The molecule has 3 aromatic rings. The maximum Gasteiger partial charge on any atom is 0.320 e. The van der Waals surface area contributed by atoms with Gasteiger partial charge < -0.3 is 32.2 Å². The maximum atomic E-state index is 10.2. The molecular weight excluding hydrogens is 498 g/mol. The molecule has 0 heterocycles. The molecule has 0 spiro atoms. The van der Waals surface area contributed by atoms with E-state index in [1.165, 1.54) is 5.56 Å². The van der Waals surface area contributed by atoms with Gasteiger partial charge in [0.1, 0.15) is 18.1 Å². The number of rotatable bonds is 11. The molecule has 212 valence electrons. The van der Waals surface area contributed by atoms with Crippen molar-refractivity contribution in [3.8, 4) is 5.75 Å². The van der Waals surface area contributed by atoms with Gasteiger partial charge in [-0.05, 0) is 74.7 Å². The number of aliphatic carboxylic acids is 2. The quantitative estimate of drug-likeness (QED) is 0.228. The number of aldehydes is 1. The zero-order valence-electron chi connectivity index (χ0n) is 22.4. The minimum atomic E-state index is -0.955. The van der Waals surface area contributed by atoms with E-state index in [2.05, 4.69) is 12.1 Å². The summed E-state index contributed by atoms with van der Waals surface area (Å²) in [7, 11) is 0. The number of ether oxygens (including phenoxy) is 1. The Balaban J connectivity index is 0.000000496. The third kappa shape index (κ3) is 19.7. The highest BCUT2D eigenvalue weighted by Gasteiger charge is 2.08. The van der Waals surface area contributed by atoms with Crippen LogP contribution in [0.5, 0.6) is 5.75 Å². The van der Waals surface area contributed by atoms with E-state index in [9.17, 15) is 14.4 Å². The first kappa shape index (κ1) is 35.0. The van der Waals surface area contributed by atoms with Gasteiger partial charge in [0, 0.05) is 5.56 Å². The summed E-state index contributed by atoms with van der Waals surface area (Å²) in [6.07, 6.45) is 3.05. The van der Waals surface area contributed by atoms with Crippen LogP contribution in [0.15, 0.2) is 84.9 Å². The van der Waals surface area contributed by atoms with Gasteiger partial charge in [0.25, 0.3) is 0 Å². The molecule has 0 saturated heterocycles. The topological polar surface area (TPSA) is 179 Å². The molecule has 0 radical (unpaired) electrons. The lowest BCUT2D eigenvalue weighted by Gasteiger charge is -2.02. The Morgan fingerprint density at radius 2 is 1.38 bits per heavy atom. The Kier molecular flexibility index (Phi) is 20.7. The highest BCUT2D eigenvalue weighted by molar-refractivity contribution is 5.74. The summed E-state index contributed by atoms with van der Waals surface area (Å²) < 4.78 is 5.19. The molecular formula is C30H41N3O6. The van der Waals surface area contributed by atoms with Crippen LogP contribution in [0.2, 0.25) is 0 Å². The SMILES string of the molecule is CCOc1ccc(C=O)cc1.NCCCC(N)C(=O)O.NCCc1ccccc1.O=C(O)Cc1ccccc1. The second-order valence-corrected chi connectivity index (χ2v) is 8.08. The van der Waals surface area contributed by atoms with Crippen molar-refractivity contribution >= 4 is 18.2 Å². The fourth-order valence-corrected chi connectivity index (χ4v) is 2.85. The molecule has 0 amide bonds. The molecule has 0 fully saturated rings. The van der Waals surface area contributed by atoms with Gasteiger partial charge in [-0.2, -0.15) is 0 Å². The first-order valence-electron chi connectivity index (χ1n) is 12.6. The number of carboxylic acid groups (broad SMARTS) is 2. The van der Waals surface area contributed by atoms with E-state index in [4.69, 9.17) is 32.2 Å². The van der Waals surface area contributed by atoms with Crippen LogP contribution in [0.25, 0.3) is 0 Å². The summed E-state index contributed by atoms with van der Waals surface area (Å²) >= 11 is 0. The van der Waals surface area contributed by atoms with Gasteiger partial charge in [0.15, 0.2) is 0 Å².